The van der Waals surface area contributed by atoms with Gasteiger partial charge in [0.25, 0.3) is 0 Å². The van der Waals surface area contributed by atoms with Crippen LogP contribution < -0.4 is 16.0 Å². The Kier molecular flexibility index (Phi) is 10.9. The molecule has 0 radical (unpaired) electrons. The van der Waals surface area contributed by atoms with Gasteiger partial charge < -0.3 is 21.1 Å². The number of nitrogens with two attached hydrogens (primary N) is 1. The van der Waals surface area contributed by atoms with Gasteiger partial charge in [-0.2, -0.15) is 0 Å². The average molecular weight is 659 g/mol. The van der Waals surface area contributed by atoms with Crippen LogP contribution in [0.2, 0.25) is 10.0 Å². The van der Waals surface area contributed by atoms with Gasteiger partial charge in [0.15, 0.2) is 11.5 Å². The minimum Gasteiger partial charge on any atom is -0.505 e. The highest BCUT2D eigenvalue weighted by molar-refractivity contribution is 6.37. The first kappa shape index (κ1) is 32.9. The van der Waals surface area contributed by atoms with E-state index in [9.17, 15) is 9.90 Å². The van der Waals surface area contributed by atoms with Crippen molar-refractivity contribution in [1.82, 2.24) is 15.0 Å². The number of phenolic OH excluding ortho intramolecular Hbond substituents is 1. The number of Topliss-reactive ketones (excluding diaryl/α,β-unsaturated/α-hetero) is 1. The fourth-order valence-corrected chi connectivity index (χ4v) is 5.32. The van der Waals surface area contributed by atoms with Crippen LogP contribution in [0.25, 0.3) is 22.3 Å². The number of pyridine rings is 3. The Morgan fingerprint density at radius 1 is 1.00 bits per heavy atom. The molecule has 6 rings (SSSR count). The number of aromatic nitrogens is 3. The molecule has 2 fully saturated rings. The van der Waals surface area contributed by atoms with E-state index in [1.807, 2.05) is 18.2 Å². The molecular weight excluding hydrogens is 630 g/mol. The molecule has 1 saturated carbocycles. The molecule has 1 saturated heterocycles. The molecule has 1 aliphatic carbocycles. The van der Waals surface area contributed by atoms with Gasteiger partial charge in [-0.25, -0.2) is 9.97 Å². The number of nitrogens with one attached hydrogen (secondary N) is 1. The number of ketones is 1. The van der Waals surface area contributed by atoms with Gasteiger partial charge in [0.2, 0.25) is 0 Å². The van der Waals surface area contributed by atoms with E-state index in [1.165, 1.54) is 0 Å². The van der Waals surface area contributed by atoms with Crippen molar-refractivity contribution in [3.05, 3.63) is 64.4 Å². The number of piperidine rings is 1. The average Bonchev–Trinajstić information content (AvgIpc) is 3.77. The van der Waals surface area contributed by atoms with Gasteiger partial charge in [0.1, 0.15) is 11.3 Å². The van der Waals surface area contributed by atoms with Gasteiger partial charge in [-0.3, -0.25) is 9.78 Å². The third-order valence-electron chi connectivity index (χ3n) is 7.04. The van der Waals surface area contributed by atoms with Crippen LogP contribution in [0.1, 0.15) is 36.0 Å². The molecule has 1 aliphatic heterocycles. The maximum absolute atomic E-state index is 13.2. The number of benzene rings is 1. The van der Waals surface area contributed by atoms with Gasteiger partial charge in [0, 0.05) is 36.8 Å². The molecule has 1 aromatic carbocycles. The molecule has 41 heavy (non-hydrogen) atoms. The summed E-state index contributed by atoms with van der Waals surface area (Å²) in [5.41, 5.74) is 10.3. The summed E-state index contributed by atoms with van der Waals surface area (Å²) in [4.78, 5) is 29.5. The van der Waals surface area contributed by atoms with E-state index in [2.05, 4.69) is 20.2 Å². The van der Waals surface area contributed by atoms with Crippen LogP contribution in [0, 0.1) is 5.92 Å². The Bertz CT molecular complexity index is 1530. The summed E-state index contributed by atoms with van der Waals surface area (Å²) >= 11 is 12.3. The predicted octanol–water partition coefficient (Wildman–Crippen LogP) is 7.23. The molecule has 0 unspecified atom stereocenters. The van der Waals surface area contributed by atoms with Crippen LogP contribution in [-0.4, -0.2) is 45.0 Å². The Balaban J connectivity index is 0.00000154. The molecule has 0 spiro atoms. The van der Waals surface area contributed by atoms with Gasteiger partial charge in [-0.1, -0.05) is 23.2 Å². The number of hydrogen-bond acceptors (Lipinski definition) is 8. The van der Waals surface area contributed by atoms with Gasteiger partial charge >= 0.3 is 0 Å². The zero-order valence-electron chi connectivity index (χ0n) is 21.7. The first-order valence-corrected chi connectivity index (χ1v) is 13.4. The molecule has 8 nitrogen and oxygen atoms in total. The second-order valence-corrected chi connectivity index (χ2v) is 10.7. The summed E-state index contributed by atoms with van der Waals surface area (Å²) < 4.78 is 0. The third-order valence-corrected chi connectivity index (χ3v) is 7.61. The third kappa shape index (κ3) is 6.91. The highest BCUT2D eigenvalue weighted by atomic mass is 35.5. The normalized spacial score (nSPS) is 16.3. The second-order valence-electron chi connectivity index (χ2n) is 9.92. The molecule has 218 valence electrons. The minimum absolute atomic E-state index is 0. The van der Waals surface area contributed by atoms with Crippen molar-refractivity contribution in [3.8, 4) is 17.0 Å². The molecule has 4 aromatic rings. The van der Waals surface area contributed by atoms with Gasteiger partial charge in [-0.05, 0) is 62.1 Å². The molecule has 3 aromatic heterocycles. The largest absolute Gasteiger partial charge is 0.505 e. The lowest BCUT2D eigenvalue weighted by Crippen LogP contribution is -2.43. The van der Waals surface area contributed by atoms with Crippen LogP contribution >= 0.6 is 60.4 Å². The Labute approximate surface area is 266 Å². The van der Waals surface area contributed by atoms with Crippen molar-refractivity contribution in [2.24, 2.45) is 11.7 Å². The number of fused-ring (bicyclic) bond motifs is 1. The first-order valence-electron chi connectivity index (χ1n) is 12.6. The van der Waals surface area contributed by atoms with Crippen molar-refractivity contribution in [2.75, 3.05) is 23.3 Å². The molecule has 13 heteroatoms. The van der Waals surface area contributed by atoms with Gasteiger partial charge in [0.05, 0.1) is 44.4 Å². The fraction of sp³-hybridized carbons (Fsp3) is 0.286. The van der Waals surface area contributed by atoms with Crippen LogP contribution in [0.15, 0.2) is 48.8 Å². The Hall–Kier alpha value is -2.59. The SMILES string of the molecule is Cl.Cl.Cl.N[C@H]1CCCN(c2ccc(Nc3c(C(=O)C4CC4)cnc4ccc(-c5cc(Cl)c(O)c(Cl)c5)nc34)cn2)C1. The minimum atomic E-state index is -0.179. The van der Waals surface area contributed by atoms with Crippen molar-refractivity contribution >= 4 is 94.4 Å². The number of halogens is 5. The fourth-order valence-electron chi connectivity index (χ4n) is 4.83. The number of rotatable bonds is 6. The van der Waals surface area contributed by atoms with Crippen LogP contribution in [-0.2, 0) is 0 Å². The van der Waals surface area contributed by atoms with Crippen molar-refractivity contribution in [3.63, 3.8) is 0 Å². The Morgan fingerprint density at radius 3 is 2.37 bits per heavy atom. The number of carbonyl (C=O) groups excluding carboxylic acids is 1. The van der Waals surface area contributed by atoms with Crippen LogP contribution in [0.4, 0.5) is 17.2 Å². The number of aromatic hydroxyl groups is 1. The smallest absolute Gasteiger partial charge is 0.169 e. The van der Waals surface area contributed by atoms with E-state index in [-0.39, 0.29) is 70.8 Å². The van der Waals surface area contributed by atoms with E-state index < -0.39 is 0 Å². The molecule has 2 aliphatic rings. The zero-order valence-corrected chi connectivity index (χ0v) is 25.7. The van der Waals surface area contributed by atoms with E-state index in [4.69, 9.17) is 33.9 Å². The van der Waals surface area contributed by atoms with Crippen molar-refractivity contribution < 1.29 is 9.90 Å². The molecule has 0 amide bonds. The second kappa shape index (κ2) is 13.6. The highest BCUT2D eigenvalue weighted by Gasteiger charge is 2.33. The molecule has 4 heterocycles. The van der Waals surface area contributed by atoms with E-state index in [1.54, 1.807) is 30.6 Å². The Morgan fingerprint density at radius 2 is 1.73 bits per heavy atom. The summed E-state index contributed by atoms with van der Waals surface area (Å²) in [6.45, 7) is 1.72. The number of hydrogen-bond donors (Lipinski definition) is 3. The van der Waals surface area contributed by atoms with E-state index in [0.29, 0.717) is 33.5 Å². The van der Waals surface area contributed by atoms with Crippen molar-refractivity contribution in [2.45, 2.75) is 31.7 Å². The molecular formula is C28H29Cl5N6O2. The summed E-state index contributed by atoms with van der Waals surface area (Å²) in [6, 6.07) is 10.9. The number of nitrogens with zero attached hydrogens (tertiary/aromatic N) is 4. The highest BCUT2D eigenvalue weighted by Crippen LogP contribution is 2.39. The van der Waals surface area contributed by atoms with E-state index in [0.717, 1.165) is 50.3 Å². The lowest BCUT2D eigenvalue weighted by atomic mass is 10.0. The van der Waals surface area contributed by atoms with Crippen LogP contribution in [0.5, 0.6) is 5.75 Å². The number of phenols is 1. The van der Waals surface area contributed by atoms with Crippen molar-refractivity contribution in [1.29, 1.82) is 0 Å². The molecule has 4 N–H and O–H groups in total. The quantitative estimate of drug-likeness (QED) is 0.186. The summed E-state index contributed by atoms with van der Waals surface area (Å²) in [5.74, 6) is 0.760. The first-order chi connectivity index (χ1) is 18.4. The lowest BCUT2D eigenvalue weighted by molar-refractivity contribution is 0.0968. The monoisotopic (exact) mass is 656 g/mol. The lowest BCUT2D eigenvalue weighted by Gasteiger charge is -2.31. The number of carbonyl (C=O) groups is 1. The summed E-state index contributed by atoms with van der Waals surface area (Å²) in [7, 11) is 0. The number of anilines is 3. The maximum atomic E-state index is 13.2. The molecule has 1 atom stereocenters. The van der Waals surface area contributed by atoms with Crippen LogP contribution in [0.3, 0.4) is 0 Å². The van der Waals surface area contributed by atoms with E-state index >= 15 is 0 Å². The van der Waals surface area contributed by atoms with Gasteiger partial charge in [-0.15, -0.1) is 37.2 Å². The zero-order chi connectivity index (χ0) is 26.4. The summed E-state index contributed by atoms with van der Waals surface area (Å²) in [6.07, 6.45) is 7.21. The topological polar surface area (TPSA) is 117 Å². The maximum Gasteiger partial charge on any atom is 0.169 e. The summed E-state index contributed by atoms with van der Waals surface area (Å²) in [5, 5.41) is 13.6. The molecule has 0 bridgehead atoms. The standard InChI is InChI=1S/C28H26Cl2N6O2.3ClH/c29-20-10-16(11-21(30)28(20)38)22-6-7-23-26(35-22)25(19(13-32-23)27(37)15-3-4-15)34-18-5-8-24(33-12-18)36-9-1-2-17(31)14-36;;;/h5-8,10-13,15,17,38H,1-4,9,14,31H2,(H,32,34);3*1H/t17-;;;/m0.../s1. The predicted molar refractivity (Wildman–Crippen MR) is 172 cm³/mol.